The summed E-state index contributed by atoms with van der Waals surface area (Å²) in [5.74, 6) is -7.35. The van der Waals surface area contributed by atoms with E-state index < -0.39 is 109 Å². The number of hydrogen-bond acceptors (Lipinski definition) is 11. The fourth-order valence-corrected chi connectivity index (χ4v) is 4.77. The zero-order valence-electron chi connectivity index (χ0n) is 26.4. The van der Waals surface area contributed by atoms with Crippen LogP contribution in [0.2, 0.25) is 0 Å². The van der Waals surface area contributed by atoms with Crippen molar-refractivity contribution in [2.75, 3.05) is 19.7 Å². The van der Waals surface area contributed by atoms with Crippen molar-refractivity contribution in [1.29, 1.82) is 0 Å². The number of carbonyl (C=O) groups excluding carboxylic acids is 5. The van der Waals surface area contributed by atoms with Crippen LogP contribution < -0.4 is 32.7 Å². The van der Waals surface area contributed by atoms with Crippen molar-refractivity contribution in [3.05, 3.63) is 0 Å². The summed E-state index contributed by atoms with van der Waals surface area (Å²) >= 11 is 0. The largest absolute Gasteiger partial charge is 0.481 e. The van der Waals surface area contributed by atoms with Crippen LogP contribution in [0.25, 0.3) is 0 Å². The van der Waals surface area contributed by atoms with Gasteiger partial charge in [-0.25, -0.2) is 4.79 Å². The molecule has 0 radical (unpaired) electrons. The molecule has 0 aliphatic carbocycles. The molecule has 1 heterocycles. The lowest BCUT2D eigenvalue weighted by Crippen LogP contribution is -2.61. The Morgan fingerprint density at radius 2 is 1.43 bits per heavy atom. The fourth-order valence-electron chi connectivity index (χ4n) is 4.77. The number of nitrogens with two attached hydrogens (primary N) is 2. The summed E-state index contributed by atoms with van der Waals surface area (Å²) in [6, 6.07) is -7.92. The summed E-state index contributed by atoms with van der Waals surface area (Å²) < 4.78 is 0. The first-order valence-corrected chi connectivity index (χ1v) is 15.3. The molecule has 18 heteroatoms. The lowest BCUT2D eigenvalue weighted by atomic mass is 10.0. The highest BCUT2D eigenvalue weighted by molar-refractivity contribution is 5.96. The van der Waals surface area contributed by atoms with E-state index in [1.807, 2.05) is 0 Å². The zero-order chi connectivity index (χ0) is 35.1. The van der Waals surface area contributed by atoms with Crippen molar-refractivity contribution in [2.24, 2.45) is 17.4 Å². The van der Waals surface area contributed by atoms with Gasteiger partial charge in [-0.2, -0.15) is 0 Å². The average molecular weight is 660 g/mol. The van der Waals surface area contributed by atoms with Crippen molar-refractivity contribution >= 4 is 41.5 Å². The Morgan fingerprint density at radius 1 is 0.848 bits per heavy atom. The third-order valence-corrected chi connectivity index (χ3v) is 7.55. The monoisotopic (exact) mass is 659 g/mol. The molecule has 1 aliphatic rings. The van der Waals surface area contributed by atoms with E-state index in [0.717, 1.165) is 0 Å². The molecule has 0 aromatic heterocycles. The molecule has 1 saturated heterocycles. The van der Waals surface area contributed by atoms with Crippen LogP contribution in [-0.2, 0) is 33.6 Å². The molecule has 0 bridgehead atoms. The number of rotatable bonds is 20. The van der Waals surface area contributed by atoms with E-state index in [1.54, 1.807) is 13.8 Å². The lowest BCUT2D eigenvalue weighted by molar-refractivity contribution is -0.143. The number of nitrogens with one attached hydrogen (secondary N) is 4. The van der Waals surface area contributed by atoms with E-state index in [2.05, 4.69) is 21.3 Å². The number of unbranched alkanes of at least 4 members (excludes halogenated alkanes) is 1. The molecule has 46 heavy (non-hydrogen) atoms. The average Bonchev–Trinajstić information content (AvgIpc) is 3.48. The molecule has 0 unspecified atom stereocenters. The minimum absolute atomic E-state index is 0.0373. The fraction of sp³-hybridized carbons (Fsp3) is 0.750. The number of likely N-dealkylation sites (tertiary alicyclic amines) is 1. The molecule has 0 saturated carbocycles. The summed E-state index contributed by atoms with van der Waals surface area (Å²) in [7, 11) is 0. The highest BCUT2D eigenvalue weighted by atomic mass is 16.4. The quantitative estimate of drug-likeness (QED) is 0.0565. The molecule has 0 spiro atoms. The van der Waals surface area contributed by atoms with Gasteiger partial charge in [0.15, 0.2) is 0 Å². The van der Waals surface area contributed by atoms with Gasteiger partial charge in [0, 0.05) is 13.0 Å². The number of aliphatic hydroxyl groups is 2. The zero-order valence-corrected chi connectivity index (χ0v) is 26.4. The van der Waals surface area contributed by atoms with Gasteiger partial charge in [0.05, 0.1) is 12.7 Å². The first-order chi connectivity index (χ1) is 21.5. The smallest absolute Gasteiger partial charge is 0.326 e. The third-order valence-electron chi connectivity index (χ3n) is 7.55. The molecule has 1 rings (SSSR count). The maximum Gasteiger partial charge on any atom is 0.326 e. The van der Waals surface area contributed by atoms with Crippen LogP contribution in [-0.4, -0.2) is 129 Å². The third kappa shape index (κ3) is 12.5. The normalized spacial score (nSPS) is 18.4. The maximum atomic E-state index is 13.2. The lowest BCUT2D eigenvalue weighted by Gasteiger charge is -2.30. The van der Waals surface area contributed by atoms with Gasteiger partial charge < -0.3 is 58.1 Å². The van der Waals surface area contributed by atoms with E-state index in [0.29, 0.717) is 25.8 Å². The minimum atomic E-state index is -1.64. The van der Waals surface area contributed by atoms with E-state index in [9.17, 15) is 48.9 Å². The molecule has 5 amide bonds. The summed E-state index contributed by atoms with van der Waals surface area (Å²) in [5.41, 5.74) is 11.2. The first kappa shape index (κ1) is 40.2. The van der Waals surface area contributed by atoms with E-state index in [1.165, 1.54) is 11.8 Å². The summed E-state index contributed by atoms with van der Waals surface area (Å²) in [4.78, 5) is 89.1. The van der Waals surface area contributed by atoms with Crippen molar-refractivity contribution in [3.8, 4) is 0 Å². The van der Waals surface area contributed by atoms with Crippen molar-refractivity contribution in [3.63, 3.8) is 0 Å². The number of carbonyl (C=O) groups is 7. The van der Waals surface area contributed by atoms with Gasteiger partial charge in [0.2, 0.25) is 29.5 Å². The molecule has 1 fully saturated rings. The van der Waals surface area contributed by atoms with Gasteiger partial charge in [-0.1, -0.05) is 13.8 Å². The SMILES string of the molecule is CC(C)[C@H](NC(=O)[C@@H]1CCCN1C(=O)[C@@H](N)[C@@H](C)O)C(=O)N[C@@H](CO)C(=O)N[C@@H](CCC(=O)O)C(=O)N[C@@H](CCCCN)C(=O)O. The standard InChI is InChI=1S/C28H49N7O11/c1-14(2)22(34-25(42)19-8-6-12-35(19)27(44)21(30)15(3)37)26(43)33-18(13-36)24(41)31-16(9-10-20(38)39)23(40)32-17(28(45)46)7-4-5-11-29/h14-19,21-22,36-37H,4-13,29-30H2,1-3H3,(H,31,41)(H,32,40)(H,33,43)(H,34,42)(H,38,39)(H,45,46)/t15-,16+,17+,18+,19+,21+,22+/m1/s1. The van der Waals surface area contributed by atoms with Crippen LogP contribution in [0, 0.1) is 5.92 Å². The van der Waals surface area contributed by atoms with Crippen LogP contribution in [0.5, 0.6) is 0 Å². The highest BCUT2D eigenvalue weighted by Gasteiger charge is 2.39. The van der Waals surface area contributed by atoms with Gasteiger partial charge in [0.1, 0.15) is 36.3 Å². The number of amides is 5. The summed E-state index contributed by atoms with van der Waals surface area (Å²) in [6.45, 7) is 4.16. The molecular formula is C28H49N7O11. The number of nitrogens with zero attached hydrogens (tertiary/aromatic N) is 1. The Morgan fingerprint density at radius 3 is 1.96 bits per heavy atom. The predicted octanol–water partition coefficient (Wildman–Crippen LogP) is -3.65. The molecule has 262 valence electrons. The second-order valence-corrected chi connectivity index (χ2v) is 11.6. The van der Waals surface area contributed by atoms with Crippen LogP contribution in [0.3, 0.4) is 0 Å². The van der Waals surface area contributed by atoms with Crippen LogP contribution in [0.4, 0.5) is 0 Å². The second-order valence-electron chi connectivity index (χ2n) is 11.6. The molecular weight excluding hydrogens is 610 g/mol. The Kier molecular flexibility index (Phi) is 17.1. The van der Waals surface area contributed by atoms with Gasteiger partial charge in [-0.05, 0) is 57.9 Å². The van der Waals surface area contributed by atoms with Gasteiger partial charge in [0.25, 0.3) is 0 Å². The molecule has 12 N–H and O–H groups in total. The minimum Gasteiger partial charge on any atom is -0.481 e. The predicted molar refractivity (Wildman–Crippen MR) is 161 cm³/mol. The molecule has 0 aromatic rings. The Balaban J connectivity index is 3.02. The first-order valence-electron chi connectivity index (χ1n) is 15.3. The van der Waals surface area contributed by atoms with Crippen molar-refractivity contribution < 1.29 is 54.0 Å². The number of carboxylic acid groups (broad SMARTS) is 2. The second kappa shape index (κ2) is 19.6. The molecule has 18 nitrogen and oxygen atoms in total. The Hall–Kier alpha value is -3.87. The van der Waals surface area contributed by atoms with Crippen LogP contribution in [0.15, 0.2) is 0 Å². The van der Waals surface area contributed by atoms with Gasteiger partial charge >= 0.3 is 11.9 Å². The number of aliphatic carboxylic acids is 2. The topological polar surface area (TPSA) is 304 Å². The van der Waals surface area contributed by atoms with Crippen LogP contribution >= 0.6 is 0 Å². The Labute approximate surface area is 267 Å². The summed E-state index contributed by atoms with van der Waals surface area (Å²) in [6.07, 6.45) is -0.443. The van der Waals surface area contributed by atoms with Gasteiger partial charge in [-0.3, -0.25) is 28.8 Å². The number of carboxylic acids is 2. The van der Waals surface area contributed by atoms with E-state index in [4.69, 9.17) is 16.6 Å². The Bertz CT molecular complexity index is 1090. The van der Waals surface area contributed by atoms with E-state index in [-0.39, 0.29) is 19.4 Å². The number of hydrogen-bond donors (Lipinski definition) is 10. The number of aliphatic hydroxyl groups excluding tert-OH is 2. The van der Waals surface area contributed by atoms with Crippen molar-refractivity contribution in [1.82, 2.24) is 26.2 Å². The molecule has 0 aromatic carbocycles. The summed E-state index contributed by atoms with van der Waals surface area (Å²) in [5, 5.41) is 47.6. The molecule has 1 aliphatic heterocycles. The van der Waals surface area contributed by atoms with Crippen LogP contribution in [0.1, 0.15) is 65.7 Å². The van der Waals surface area contributed by atoms with Crippen molar-refractivity contribution in [2.45, 2.75) is 108 Å². The highest BCUT2D eigenvalue weighted by Crippen LogP contribution is 2.19. The van der Waals surface area contributed by atoms with Gasteiger partial charge in [-0.15, -0.1) is 0 Å². The van der Waals surface area contributed by atoms with E-state index >= 15 is 0 Å². The maximum absolute atomic E-state index is 13.2. The molecule has 7 atom stereocenters.